The summed E-state index contributed by atoms with van der Waals surface area (Å²) < 4.78 is 12.2. The number of Topliss-reactive ketones (excluding diaryl/α,β-unsaturated/α-hetero) is 1. The number of hydrogen-bond donors (Lipinski definition) is 1. The lowest BCUT2D eigenvalue weighted by Gasteiger charge is -2.32. The van der Waals surface area contributed by atoms with Crippen molar-refractivity contribution in [1.82, 2.24) is 0 Å². The maximum Gasteiger partial charge on any atom is 0.491 e. The Kier molecular flexibility index (Phi) is 5.14. The van der Waals surface area contributed by atoms with Crippen LogP contribution in [0.2, 0.25) is 0 Å². The van der Waals surface area contributed by atoms with E-state index >= 15 is 0 Å². The predicted molar refractivity (Wildman–Crippen MR) is 99.1 cm³/mol. The Balaban J connectivity index is 2.30. The summed E-state index contributed by atoms with van der Waals surface area (Å²) in [7, 11) is -0.398. The molecule has 1 aliphatic rings. The van der Waals surface area contributed by atoms with E-state index in [1.54, 1.807) is 6.92 Å². The number of benzene rings is 1. The van der Waals surface area contributed by atoms with Gasteiger partial charge in [-0.15, -0.1) is 0 Å². The molecule has 1 fully saturated rings. The van der Waals surface area contributed by atoms with Crippen LogP contribution in [-0.2, 0) is 9.31 Å². The molecule has 5 heteroatoms. The molecule has 1 aromatic rings. The van der Waals surface area contributed by atoms with Gasteiger partial charge in [-0.1, -0.05) is 24.3 Å². The second kappa shape index (κ2) is 6.46. The second-order valence-corrected chi connectivity index (χ2v) is 7.41. The number of hydrogen-bond acceptors (Lipinski definition) is 4. The molecule has 0 N–H and O–H groups in total. The molecule has 2 rings (SSSR count). The summed E-state index contributed by atoms with van der Waals surface area (Å²) in [5, 5.41) is 0. The number of carbonyl (C=O) groups excluding carboxylic acids is 1. The highest BCUT2D eigenvalue weighted by molar-refractivity contribution is 7.80. The number of carbonyl (C=O) groups is 1. The molecule has 3 nitrogen and oxygen atoms in total. The highest BCUT2D eigenvalue weighted by Crippen LogP contribution is 2.39. The second-order valence-electron chi connectivity index (χ2n) is 7.10. The zero-order valence-electron chi connectivity index (χ0n) is 14.8. The summed E-state index contributed by atoms with van der Waals surface area (Å²) in [5.41, 5.74) is 2.99. The first kappa shape index (κ1) is 18.3. The van der Waals surface area contributed by atoms with Crippen LogP contribution in [0.3, 0.4) is 0 Å². The van der Waals surface area contributed by atoms with E-state index in [2.05, 4.69) is 12.6 Å². The average Bonchev–Trinajstić information content (AvgIpc) is 2.64. The van der Waals surface area contributed by atoms with E-state index in [-0.39, 0.29) is 17.0 Å². The van der Waals surface area contributed by atoms with Gasteiger partial charge in [0.25, 0.3) is 0 Å². The molecule has 1 saturated heterocycles. The Morgan fingerprint density at radius 3 is 2.22 bits per heavy atom. The van der Waals surface area contributed by atoms with Gasteiger partial charge in [0, 0.05) is 11.3 Å². The summed E-state index contributed by atoms with van der Waals surface area (Å²) in [5.74, 6) is 0.628. The molecule has 0 bridgehead atoms. The smallest absolute Gasteiger partial charge is 0.400 e. The van der Waals surface area contributed by atoms with E-state index in [9.17, 15) is 4.79 Å². The Morgan fingerprint density at radius 1 is 1.22 bits per heavy atom. The molecule has 1 heterocycles. The lowest BCUT2D eigenvalue weighted by atomic mass is 9.78. The molecular formula is C18H25BO3S. The van der Waals surface area contributed by atoms with Crippen molar-refractivity contribution in [3.63, 3.8) is 0 Å². The van der Waals surface area contributed by atoms with Crippen molar-refractivity contribution in [2.75, 3.05) is 5.75 Å². The summed E-state index contributed by atoms with van der Waals surface area (Å²) >= 11 is 4.43. The first-order valence-corrected chi connectivity index (χ1v) is 8.49. The van der Waals surface area contributed by atoms with E-state index in [0.29, 0.717) is 5.75 Å². The molecule has 23 heavy (non-hydrogen) atoms. The van der Waals surface area contributed by atoms with Crippen LogP contribution in [0.25, 0.3) is 6.08 Å². The number of ketones is 1. The van der Waals surface area contributed by atoms with Gasteiger partial charge in [-0.05, 0) is 58.1 Å². The van der Waals surface area contributed by atoms with Crippen molar-refractivity contribution in [3.8, 4) is 0 Å². The highest BCUT2D eigenvalue weighted by Gasteiger charge is 2.52. The van der Waals surface area contributed by atoms with E-state index in [1.165, 1.54) is 0 Å². The van der Waals surface area contributed by atoms with Gasteiger partial charge in [0.2, 0.25) is 0 Å². The fraction of sp³-hybridized carbons (Fsp3) is 0.500. The molecule has 0 unspecified atom stereocenters. The van der Waals surface area contributed by atoms with Crippen LogP contribution in [0.1, 0.15) is 56.1 Å². The number of aryl methyl sites for hydroxylation is 1. The average molecular weight is 332 g/mol. The van der Waals surface area contributed by atoms with Crippen LogP contribution >= 0.6 is 12.6 Å². The standard InChI is InChI=1S/C18H25BO3S/c1-12-9-14(7-8-16(12)13(2)20)10-15(11-23)19-21-17(3,4)18(5,6)22-19/h7-10,23H,11H2,1-6H3. The van der Waals surface area contributed by atoms with Crippen LogP contribution in [0.4, 0.5) is 0 Å². The number of thiol groups is 1. The van der Waals surface area contributed by atoms with Crippen molar-refractivity contribution in [1.29, 1.82) is 0 Å². The highest BCUT2D eigenvalue weighted by atomic mass is 32.1. The third kappa shape index (κ3) is 3.73. The van der Waals surface area contributed by atoms with Crippen molar-refractivity contribution >= 4 is 31.6 Å². The van der Waals surface area contributed by atoms with Gasteiger partial charge in [-0.2, -0.15) is 12.6 Å². The molecule has 0 atom stereocenters. The third-order valence-corrected chi connectivity index (χ3v) is 5.09. The van der Waals surface area contributed by atoms with Crippen LogP contribution < -0.4 is 0 Å². The minimum absolute atomic E-state index is 0.0819. The molecule has 0 spiro atoms. The zero-order valence-corrected chi connectivity index (χ0v) is 15.7. The van der Waals surface area contributed by atoms with Gasteiger partial charge in [-0.25, -0.2) is 0 Å². The molecule has 0 amide bonds. The Morgan fingerprint density at radius 2 is 1.78 bits per heavy atom. The van der Waals surface area contributed by atoms with Gasteiger partial charge in [0.1, 0.15) is 0 Å². The van der Waals surface area contributed by atoms with Gasteiger partial charge in [-0.3, -0.25) is 4.79 Å². The third-order valence-electron chi connectivity index (χ3n) is 4.72. The SMILES string of the molecule is CC(=O)c1ccc(C=C(CS)B2OC(C)(C)C(C)(C)O2)cc1C. The normalized spacial score (nSPS) is 20.0. The fourth-order valence-corrected chi connectivity index (χ4v) is 2.81. The van der Waals surface area contributed by atoms with Crippen molar-refractivity contribution in [2.24, 2.45) is 0 Å². The molecular weight excluding hydrogens is 307 g/mol. The zero-order chi connectivity index (χ0) is 17.4. The monoisotopic (exact) mass is 332 g/mol. The maximum atomic E-state index is 11.5. The summed E-state index contributed by atoms with van der Waals surface area (Å²) in [4.78, 5) is 11.5. The van der Waals surface area contributed by atoms with Crippen LogP contribution in [0.15, 0.2) is 23.7 Å². The van der Waals surface area contributed by atoms with E-state index < -0.39 is 7.12 Å². The Hall–Kier alpha value is -1.04. The van der Waals surface area contributed by atoms with E-state index in [0.717, 1.165) is 22.2 Å². The molecule has 1 aromatic carbocycles. The lowest BCUT2D eigenvalue weighted by Crippen LogP contribution is -2.41. The van der Waals surface area contributed by atoms with Crippen LogP contribution in [-0.4, -0.2) is 29.9 Å². The summed E-state index contributed by atoms with van der Waals surface area (Å²) in [6.45, 7) is 11.7. The molecule has 0 aliphatic carbocycles. The minimum Gasteiger partial charge on any atom is -0.400 e. The van der Waals surface area contributed by atoms with Crippen molar-refractivity contribution in [2.45, 2.75) is 52.7 Å². The van der Waals surface area contributed by atoms with Crippen molar-refractivity contribution in [3.05, 3.63) is 40.4 Å². The largest absolute Gasteiger partial charge is 0.491 e. The summed E-state index contributed by atoms with van der Waals surface area (Å²) in [6, 6.07) is 5.81. The van der Waals surface area contributed by atoms with E-state index in [4.69, 9.17) is 9.31 Å². The molecule has 0 saturated carbocycles. The molecule has 0 aromatic heterocycles. The van der Waals surface area contributed by atoms with Gasteiger partial charge in [0.05, 0.1) is 11.2 Å². The molecule has 0 radical (unpaired) electrons. The topological polar surface area (TPSA) is 35.5 Å². The summed E-state index contributed by atoms with van der Waals surface area (Å²) in [6.07, 6.45) is 2.03. The first-order chi connectivity index (χ1) is 10.6. The van der Waals surface area contributed by atoms with Gasteiger partial charge < -0.3 is 9.31 Å². The molecule has 1 aliphatic heterocycles. The van der Waals surface area contributed by atoms with Crippen LogP contribution in [0.5, 0.6) is 0 Å². The maximum absolute atomic E-state index is 11.5. The van der Waals surface area contributed by atoms with E-state index in [1.807, 2.05) is 58.9 Å². The lowest BCUT2D eigenvalue weighted by molar-refractivity contribution is 0.00578. The van der Waals surface area contributed by atoms with Crippen LogP contribution in [0, 0.1) is 6.92 Å². The Bertz CT molecular complexity index is 634. The predicted octanol–water partition coefficient (Wildman–Crippen LogP) is 4.14. The first-order valence-electron chi connectivity index (χ1n) is 7.86. The Labute approximate surface area is 145 Å². The fourth-order valence-electron chi connectivity index (χ4n) is 2.57. The van der Waals surface area contributed by atoms with Gasteiger partial charge >= 0.3 is 7.12 Å². The van der Waals surface area contributed by atoms with Gasteiger partial charge in [0.15, 0.2) is 5.78 Å². The minimum atomic E-state index is -0.398. The number of rotatable bonds is 4. The van der Waals surface area contributed by atoms with Crippen molar-refractivity contribution < 1.29 is 14.1 Å². The molecule has 124 valence electrons. The quantitative estimate of drug-likeness (QED) is 0.511.